The topological polar surface area (TPSA) is 104 Å². The number of benzene rings is 1. The number of aliphatic carboxylic acids is 1. The molecular formula is C11H13ClFNO5S. The number of carbonyl (C=O) groups is 1. The lowest BCUT2D eigenvalue weighted by Crippen LogP contribution is -2.46. The van der Waals surface area contributed by atoms with Crippen LogP contribution in [-0.2, 0) is 20.6 Å². The molecule has 9 heteroatoms. The van der Waals surface area contributed by atoms with Gasteiger partial charge in [-0.05, 0) is 19.1 Å². The molecule has 0 radical (unpaired) electrons. The lowest BCUT2D eigenvalue weighted by molar-refractivity contribution is -0.155. The van der Waals surface area contributed by atoms with Gasteiger partial charge in [0.05, 0.1) is 5.75 Å². The quantitative estimate of drug-likeness (QED) is 0.715. The Hall–Kier alpha value is -1.22. The molecule has 0 fully saturated rings. The summed E-state index contributed by atoms with van der Waals surface area (Å²) in [5.74, 6) is -3.12. The molecule has 1 rings (SSSR count). The zero-order valence-corrected chi connectivity index (χ0v) is 12.0. The lowest BCUT2D eigenvalue weighted by Gasteiger charge is -2.18. The van der Waals surface area contributed by atoms with Gasteiger partial charge in [-0.2, -0.15) is 0 Å². The molecule has 0 amide bonds. The smallest absolute Gasteiger partial charge is 0.336 e. The molecule has 0 bridgehead atoms. The summed E-state index contributed by atoms with van der Waals surface area (Å²) in [4.78, 5) is 10.6. The molecule has 0 saturated heterocycles. The zero-order valence-electron chi connectivity index (χ0n) is 10.4. The van der Waals surface area contributed by atoms with Gasteiger partial charge in [0, 0.05) is 17.1 Å². The van der Waals surface area contributed by atoms with E-state index in [-0.39, 0.29) is 10.6 Å². The van der Waals surface area contributed by atoms with E-state index in [4.69, 9.17) is 16.7 Å². The molecule has 1 aromatic carbocycles. The Balaban J connectivity index is 2.84. The monoisotopic (exact) mass is 325 g/mol. The molecule has 3 N–H and O–H groups in total. The predicted octanol–water partition coefficient (Wildman–Crippen LogP) is 0.734. The Bertz CT molecular complexity index is 597. The van der Waals surface area contributed by atoms with E-state index in [2.05, 4.69) is 0 Å². The molecule has 0 heterocycles. The van der Waals surface area contributed by atoms with Gasteiger partial charge < -0.3 is 10.2 Å². The van der Waals surface area contributed by atoms with E-state index in [1.165, 1.54) is 12.1 Å². The van der Waals surface area contributed by atoms with Crippen LogP contribution in [0, 0.1) is 5.82 Å². The first-order valence-corrected chi connectivity index (χ1v) is 7.44. The molecule has 0 aliphatic rings. The average Bonchev–Trinajstić information content (AvgIpc) is 2.32. The number of sulfonamides is 1. The average molecular weight is 326 g/mol. The van der Waals surface area contributed by atoms with E-state index in [1.807, 2.05) is 4.72 Å². The maximum Gasteiger partial charge on any atom is 0.336 e. The summed E-state index contributed by atoms with van der Waals surface area (Å²) in [6, 6.07) is 3.73. The Kier molecular flexibility index (Phi) is 5.09. The van der Waals surface area contributed by atoms with Crippen LogP contribution in [0.5, 0.6) is 0 Å². The molecule has 6 nitrogen and oxygen atoms in total. The number of halogens is 2. The van der Waals surface area contributed by atoms with Gasteiger partial charge in [0.15, 0.2) is 5.60 Å². The van der Waals surface area contributed by atoms with Crippen molar-refractivity contribution < 1.29 is 27.8 Å². The second kappa shape index (κ2) is 6.04. The normalized spacial score (nSPS) is 14.8. The third kappa shape index (κ3) is 4.41. The van der Waals surface area contributed by atoms with E-state index in [1.54, 1.807) is 0 Å². The fourth-order valence-electron chi connectivity index (χ4n) is 1.24. The molecular weight excluding hydrogens is 313 g/mol. The number of carboxylic acid groups (broad SMARTS) is 1. The summed E-state index contributed by atoms with van der Waals surface area (Å²) in [5, 5.41) is 18.0. The summed E-state index contributed by atoms with van der Waals surface area (Å²) in [6.45, 7) is 0.199. The van der Waals surface area contributed by atoms with Gasteiger partial charge in [0.25, 0.3) is 0 Å². The van der Waals surface area contributed by atoms with E-state index in [0.717, 1.165) is 13.0 Å². The molecule has 0 aliphatic heterocycles. The molecule has 1 unspecified atom stereocenters. The summed E-state index contributed by atoms with van der Waals surface area (Å²) in [5.41, 5.74) is -2.48. The van der Waals surface area contributed by atoms with Crippen LogP contribution in [0.25, 0.3) is 0 Å². The van der Waals surface area contributed by atoms with Crippen molar-refractivity contribution in [1.82, 2.24) is 4.72 Å². The maximum absolute atomic E-state index is 13.5. The number of hydrogen-bond acceptors (Lipinski definition) is 4. The Morgan fingerprint density at radius 3 is 2.60 bits per heavy atom. The van der Waals surface area contributed by atoms with Crippen LogP contribution in [0.15, 0.2) is 18.2 Å². The Morgan fingerprint density at radius 2 is 2.10 bits per heavy atom. The minimum absolute atomic E-state index is 0.0552. The van der Waals surface area contributed by atoms with Gasteiger partial charge >= 0.3 is 5.97 Å². The molecule has 0 aromatic heterocycles. The van der Waals surface area contributed by atoms with E-state index in [0.29, 0.717) is 0 Å². The second-order valence-corrected chi connectivity index (χ2v) is 6.57. The minimum Gasteiger partial charge on any atom is -0.479 e. The molecule has 1 aromatic rings. The first-order valence-electron chi connectivity index (χ1n) is 5.41. The lowest BCUT2D eigenvalue weighted by atomic mass is 10.1. The molecule has 1 atom stereocenters. The van der Waals surface area contributed by atoms with Crippen LogP contribution in [0.1, 0.15) is 12.5 Å². The van der Waals surface area contributed by atoms with Crippen LogP contribution >= 0.6 is 11.6 Å². The van der Waals surface area contributed by atoms with E-state index >= 15 is 0 Å². The van der Waals surface area contributed by atoms with Gasteiger partial charge in [0.2, 0.25) is 10.0 Å². The van der Waals surface area contributed by atoms with Crippen molar-refractivity contribution in [2.24, 2.45) is 0 Å². The van der Waals surface area contributed by atoms with Gasteiger partial charge in [0.1, 0.15) is 5.82 Å². The number of rotatable bonds is 6. The summed E-state index contributed by atoms with van der Waals surface area (Å²) in [6.07, 6.45) is 0. The van der Waals surface area contributed by atoms with Crippen molar-refractivity contribution in [3.05, 3.63) is 34.6 Å². The van der Waals surface area contributed by atoms with Crippen LogP contribution in [-0.4, -0.2) is 36.7 Å². The highest BCUT2D eigenvalue weighted by molar-refractivity contribution is 7.88. The largest absolute Gasteiger partial charge is 0.479 e. The predicted molar refractivity (Wildman–Crippen MR) is 70.3 cm³/mol. The highest BCUT2D eigenvalue weighted by atomic mass is 35.5. The highest BCUT2D eigenvalue weighted by Gasteiger charge is 2.31. The van der Waals surface area contributed by atoms with Gasteiger partial charge in [-0.1, -0.05) is 17.7 Å². The summed E-state index contributed by atoms with van der Waals surface area (Å²) in [7, 11) is -4.04. The minimum atomic E-state index is -4.04. The van der Waals surface area contributed by atoms with Crippen molar-refractivity contribution in [1.29, 1.82) is 0 Å². The first kappa shape index (κ1) is 16.8. The van der Waals surface area contributed by atoms with Crippen molar-refractivity contribution in [3.8, 4) is 0 Å². The number of nitrogens with one attached hydrogen (secondary N) is 1. The SMILES string of the molecule is CC(O)(CNS(=O)(=O)Cc1c(F)cccc1Cl)C(=O)O. The molecule has 0 aliphatic carbocycles. The van der Waals surface area contributed by atoms with Gasteiger partial charge in [-0.25, -0.2) is 22.3 Å². The third-order valence-corrected chi connectivity index (χ3v) is 4.10. The Labute approximate surface area is 120 Å². The van der Waals surface area contributed by atoms with Crippen LogP contribution in [0.3, 0.4) is 0 Å². The van der Waals surface area contributed by atoms with Crippen LogP contribution < -0.4 is 4.72 Å². The second-order valence-electron chi connectivity index (χ2n) is 4.36. The highest BCUT2D eigenvalue weighted by Crippen LogP contribution is 2.21. The van der Waals surface area contributed by atoms with Crippen molar-refractivity contribution in [2.45, 2.75) is 18.3 Å². The third-order valence-electron chi connectivity index (χ3n) is 2.49. The molecule has 112 valence electrons. The van der Waals surface area contributed by atoms with E-state index < -0.39 is 39.7 Å². The van der Waals surface area contributed by atoms with Crippen LogP contribution in [0.2, 0.25) is 5.02 Å². The number of carboxylic acids is 1. The van der Waals surface area contributed by atoms with E-state index in [9.17, 15) is 22.7 Å². The van der Waals surface area contributed by atoms with Crippen molar-refractivity contribution in [2.75, 3.05) is 6.54 Å². The molecule has 20 heavy (non-hydrogen) atoms. The van der Waals surface area contributed by atoms with Gasteiger partial charge in [-0.15, -0.1) is 0 Å². The zero-order chi connectivity index (χ0) is 15.6. The molecule has 0 saturated carbocycles. The number of hydrogen-bond donors (Lipinski definition) is 3. The van der Waals surface area contributed by atoms with Crippen molar-refractivity contribution >= 4 is 27.6 Å². The summed E-state index contributed by atoms with van der Waals surface area (Å²) >= 11 is 5.70. The number of aliphatic hydroxyl groups is 1. The fraction of sp³-hybridized carbons (Fsp3) is 0.364. The van der Waals surface area contributed by atoms with Crippen LogP contribution in [0.4, 0.5) is 4.39 Å². The first-order chi connectivity index (χ1) is 9.05. The maximum atomic E-state index is 13.5. The van der Waals surface area contributed by atoms with Gasteiger partial charge in [-0.3, -0.25) is 0 Å². The van der Waals surface area contributed by atoms with Crippen molar-refractivity contribution in [3.63, 3.8) is 0 Å². The Morgan fingerprint density at radius 1 is 1.50 bits per heavy atom. The molecule has 0 spiro atoms. The summed E-state index contributed by atoms with van der Waals surface area (Å²) < 4.78 is 38.8. The standard InChI is InChI=1S/C11H13ClFNO5S/c1-11(17,10(15)16)6-14-20(18,19)5-7-8(12)3-2-4-9(7)13/h2-4,14,17H,5-6H2,1H3,(H,15,16). The fourth-order valence-corrected chi connectivity index (χ4v) is 2.82.